The summed E-state index contributed by atoms with van der Waals surface area (Å²) in [6.45, 7) is 2.02. The van der Waals surface area contributed by atoms with Crippen LogP contribution in [0.2, 0.25) is 0 Å². The smallest absolute Gasteiger partial charge is 0.136 e. The number of aromatic nitrogens is 2. The van der Waals surface area contributed by atoms with Crippen molar-refractivity contribution in [3.05, 3.63) is 24.3 Å². The summed E-state index contributed by atoms with van der Waals surface area (Å²) in [6.07, 6.45) is 4.39. The molecule has 1 N–H and O–H groups in total. The highest BCUT2D eigenvalue weighted by Gasteiger charge is 2.25. The number of piperidine rings is 1. The van der Waals surface area contributed by atoms with Gasteiger partial charge in [0.1, 0.15) is 12.1 Å². The van der Waals surface area contributed by atoms with Gasteiger partial charge in [0.05, 0.1) is 11.7 Å². The molecule has 2 rings (SSSR count). The van der Waals surface area contributed by atoms with Crippen molar-refractivity contribution in [2.75, 3.05) is 0 Å². The molecule has 1 aromatic heterocycles. The Labute approximate surface area is 82.8 Å². The molecular weight excluding hydrogens is 178 g/mol. The molecule has 1 aliphatic heterocycles. The van der Waals surface area contributed by atoms with Crippen molar-refractivity contribution in [3.8, 4) is 0 Å². The van der Waals surface area contributed by atoms with E-state index in [0.29, 0.717) is 18.6 Å². The lowest BCUT2D eigenvalue weighted by atomic mass is 9.96. The average molecular weight is 191 g/mol. The second-order valence-electron chi connectivity index (χ2n) is 3.70. The van der Waals surface area contributed by atoms with Gasteiger partial charge in [-0.1, -0.05) is 0 Å². The van der Waals surface area contributed by atoms with E-state index >= 15 is 0 Å². The highest BCUT2D eigenvalue weighted by Crippen LogP contribution is 2.21. The number of nitrogens with zero attached hydrogens (tertiary/aromatic N) is 2. The van der Waals surface area contributed by atoms with E-state index in [1.54, 1.807) is 6.20 Å². The third kappa shape index (κ3) is 1.96. The molecular formula is C10H13N3O. The molecule has 1 saturated heterocycles. The monoisotopic (exact) mass is 191 g/mol. The molecule has 2 atom stereocenters. The zero-order valence-electron chi connectivity index (χ0n) is 8.10. The largest absolute Gasteiger partial charge is 0.305 e. The summed E-state index contributed by atoms with van der Waals surface area (Å²) in [6, 6.07) is 2.16. The molecule has 74 valence electrons. The second-order valence-corrected chi connectivity index (χ2v) is 3.70. The van der Waals surface area contributed by atoms with Crippen LogP contribution in [-0.2, 0) is 4.79 Å². The topological polar surface area (TPSA) is 54.9 Å². The molecule has 2 heterocycles. The molecule has 4 heteroatoms. The first kappa shape index (κ1) is 9.27. The predicted molar refractivity (Wildman–Crippen MR) is 51.6 cm³/mol. The van der Waals surface area contributed by atoms with E-state index in [1.165, 1.54) is 6.33 Å². The highest BCUT2D eigenvalue weighted by molar-refractivity contribution is 5.80. The van der Waals surface area contributed by atoms with Gasteiger partial charge in [-0.3, -0.25) is 4.79 Å². The van der Waals surface area contributed by atoms with Crippen LogP contribution in [0.3, 0.4) is 0 Å². The van der Waals surface area contributed by atoms with Crippen molar-refractivity contribution in [1.29, 1.82) is 0 Å². The van der Waals surface area contributed by atoms with E-state index in [0.717, 1.165) is 5.69 Å². The van der Waals surface area contributed by atoms with Crippen LogP contribution in [0.5, 0.6) is 0 Å². The normalized spacial score (nSPS) is 27.6. The number of rotatable bonds is 1. The molecule has 2 unspecified atom stereocenters. The summed E-state index contributed by atoms with van der Waals surface area (Å²) in [5.41, 5.74) is 0.903. The number of Topliss-reactive ketones (excluding diaryl/α,β-unsaturated/α-hetero) is 1. The van der Waals surface area contributed by atoms with Gasteiger partial charge in [0, 0.05) is 25.1 Å². The van der Waals surface area contributed by atoms with Gasteiger partial charge in [0.2, 0.25) is 0 Å². The standard InChI is InChI=1S/C10H13N3O/c1-7-4-8(14)5-10(13-7)9-2-3-11-6-12-9/h2-3,6-7,10,13H,4-5H2,1H3. The van der Waals surface area contributed by atoms with Crippen LogP contribution in [0.1, 0.15) is 31.5 Å². The molecule has 0 aliphatic carbocycles. The van der Waals surface area contributed by atoms with Crippen LogP contribution in [0.4, 0.5) is 0 Å². The minimum Gasteiger partial charge on any atom is -0.305 e. The summed E-state index contributed by atoms with van der Waals surface area (Å²) in [7, 11) is 0. The number of hydrogen-bond acceptors (Lipinski definition) is 4. The van der Waals surface area contributed by atoms with Crippen LogP contribution in [0.25, 0.3) is 0 Å². The maximum atomic E-state index is 11.4. The highest BCUT2D eigenvalue weighted by atomic mass is 16.1. The molecule has 1 aromatic rings. The Morgan fingerprint density at radius 3 is 3.00 bits per heavy atom. The summed E-state index contributed by atoms with van der Waals surface area (Å²) in [5.74, 6) is 0.305. The molecule has 0 saturated carbocycles. The number of carbonyl (C=O) groups excluding carboxylic acids is 1. The summed E-state index contributed by atoms with van der Waals surface area (Å²) < 4.78 is 0. The minimum absolute atomic E-state index is 0.0641. The molecule has 1 fully saturated rings. The van der Waals surface area contributed by atoms with Crippen molar-refractivity contribution in [2.45, 2.75) is 31.8 Å². The fourth-order valence-electron chi connectivity index (χ4n) is 1.81. The van der Waals surface area contributed by atoms with Crippen LogP contribution >= 0.6 is 0 Å². The van der Waals surface area contributed by atoms with Gasteiger partial charge >= 0.3 is 0 Å². The third-order valence-electron chi connectivity index (χ3n) is 2.41. The summed E-state index contributed by atoms with van der Waals surface area (Å²) >= 11 is 0. The first-order chi connectivity index (χ1) is 6.75. The Hall–Kier alpha value is -1.29. The Balaban J connectivity index is 2.15. The van der Waals surface area contributed by atoms with Crippen LogP contribution in [0.15, 0.2) is 18.6 Å². The number of carbonyl (C=O) groups is 1. The van der Waals surface area contributed by atoms with Gasteiger partial charge < -0.3 is 5.32 Å². The summed E-state index contributed by atoms with van der Waals surface area (Å²) in [4.78, 5) is 19.4. The van der Waals surface area contributed by atoms with E-state index < -0.39 is 0 Å². The molecule has 0 radical (unpaired) electrons. The Bertz CT molecular complexity index is 325. The lowest BCUT2D eigenvalue weighted by Gasteiger charge is -2.27. The van der Waals surface area contributed by atoms with Gasteiger partial charge in [0.15, 0.2) is 0 Å². The summed E-state index contributed by atoms with van der Waals surface area (Å²) in [5, 5.41) is 3.35. The number of ketones is 1. The van der Waals surface area contributed by atoms with E-state index in [1.807, 2.05) is 13.0 Å². The zero-order valence-corrected chi connectivity index (χ0v) is 8.10. The van der Waals surface area contributed by atoms with Crippen LogP contribution in [-0.4, -0.2) is 21.8 Å². The predicted octanol–water partition coefficient (Wildman–Crippen LogP) is 0.859. The van der Waals surface area contributed by atoms with E-state index in [9.17, 15) is 4.79 Å². The van der Waals surface area contributed by atoms with Crippen molar-refractivity contribution < 1.29 is 4.79 Å². The quantitative estimate of drug-likeness (QED) is 0.715. The third-order valence-corrected chi connectivity index (χ3v) is 2.41. The lowest BCUT2D eigenvalue weighted by molar-refractivity contribution is -0.121. The zero-order chi connectivity index (χ0) is 9.97. The van der Waals surface area contributed by atoms with E-state index in [2.05, 4.69) is 15.3 Å². The van der Waals surface area contributed by atoms with Crippen molar-refractivity contribution in [1.82, 2.24) is 15.3 Å². The second kappa shape index (κ2) is 3.84. The molecule has 0 aromatic carbocycles. The van der Waals surface area contributed by atoms with Gasteiger partial charge in [-0.25, -0.2) is 9.97 Å². The maximum absolute atomic E-state index is 11.4. The van der Waals surface area contributed by atoms with Gasteiger partial charge in [-0.05, 0) is 13.0 Å². The van der Waals surface area contributed by atoms with Crippen molar-refractivity contribution in [3.63, 3.8) is 0 Å². The van der Waals surface area contributed by atoms with Gasteiger partial charge in [0.25, 0.3) is 0 Å². The van der Waals surface area contributed by atoms with Crippen molar-refractivity contribution >= 4 is 5.78 Å². The molecule has 0 spiro atoms. The number of nitrogens with one attached hydrogen (secondary N) is 1. The Morgan fingerprint density at radius 2 is 2.36 bits per heavy atom. The molecule has 1 aliphatic rings. The first-order valence-electron chi connectivity index (χ1n) is 4.79. The van der Waals surface area contributed by atoms with Gasteiger partial charge in [-0.2, -0.15) is 0 Å². The van der Waals surface area contributed by atoms with Crippen molar-refractivity contribution in [2.24, 2.45) is 0 Å². The molecule has 0 bridgehead atoms. The van der Waals surface area contributed by atoms with E-state index in [4.69, 9.17) is 0 Å². The molecule has 4 nitrogen and oxygen atoms in total. The van der Waals surface area contributed by atoms with E-state index in [-0.39, 0.29) is 12.1 Å². The molecule has 14 heavy (non-hydrogen) atoms. The fourth-order valence-corrected chi connectivity index (χ4v) is 1.81. The average Bonchev–Trinajstić information content (AvgIpc) is 2.18. The Kier molecular flexibility index (Phi) is 2.54. The maximum Gasteiger partial charge on any atom is 0.136 e. The lowest BCUT2D eigenvalue weighted by Crippen LogP contribution is -2.39. The number of hydrogen-bond donors (Lipinski definition) is 1. The SMILES string of the molecule is CC1CC(=O)CC(c2ccncn2)N1. The molecule has 0 amide bonds. The minimum atomic E-state index is 0.0641. The first-order valence-corrected chi connectivity index (χ1v) is 4.79. The van der Waals surface area contributed by atoms with Crippen LogP contribution in [0, 0.1) is 0 Å². The van der Waals surface area contributed by atoms with Gasteiger partial charge in [-0.15, -0.1) is 0 Å². The van der Waals surface area contributed by atoms with Crippen LogP contribution < -0.4 is 5.32 Å². The Morgan fingerprint density at radius 1 is 1.50 bits per heavy atom. The fraction of sp³-hybridized carbons (Fsp3) is 0.500.